The molecule has 31 heavy (non-hydrogen) atoms. The number of hydrogen-bond donors (Lipinski definition) is 1. The van der Waals surface area contributed by atoms with Gasteiger partial charge in [0.25, 0.3) is 5.56 Å². The van der Waals surface area contributed by atoms with Crippen molar-refractivity contribution in [1.29, 1.82) is 0 Å². The van der Waals surface area contributed by atoms with E-state index >= 15 is 0 Å². The molecule has 0 saturated heterocycles. The van der Waals surface area contributed by atoms with Gasteiger partial charge >= 0.3 is 0 Å². The van der Waals surface area contributed by atoms with Crippen LogP contribution in [0.3, 0.4) is 0 Å². The molecule has 0 saturated carbocycles. The van der Waals surface area contributed by atoms with E-state index in [0.29, 0.717) is 16.1 Å². The lowest BCUT2D eigenvalue weighted by atomic mass is 10.2. The van der Waals surface area contributed by atoms with E-state index in [-0.39, 0.29) is 29.4 Å². The summed E-state index contributed by atoms with van der Waals surface area (Å²) < 4.78 is 28.5. The van der Waals surface area contributed by atoms with Gasteiger partial charge in [0.05, 0.1) is 28.9 Å². The van der Waals surface area contributed by atoms with Crippen LogP contribution in [0.15, 0.2) is 82.7 Å². The van der Waals surface area contributed by atoms with Gasteiger partial charge in [-0.3, -0.25) is 14.2 Å². The molecule has 1 heterocycles. The van der Waals surface area contributed by atoms with Crippen LogP contribution in [0, 0.1) is 11.6 Å². The summed E-state index contributed by atoms with van der Waals surface area (Å²) in [7, 11) is 0. The third-order valence-electron chi connectivity index (χ3n) is 4.56. The van der Waals surface area contributed by atoms with Crippen molar-refractivity contribution in [2.45, 2.75) is 11.7 Å². The zero-order valence-corrected chi connectivity index (χ0v) is 17.0. The molecule has 0 unspecified atom stereocenters. The summed E-state index contributed by atoms with van der Waals surface area (Å²) in [4.78, 5) is 30.0. The number of nitrogens with one attached hydrogen (secondary N) is 1. The number of nitrogens with zero attached hydrogens (tertiary/aromatic N) is 2. The number of hydrogen-bond acceptors (Lipinski definition) is 4. The molecule has 0 aliphatic rings. The second-order valence-electron chi connectivity index (χ2n) is 6.75. The first-order chi connectivity index (χ1) is 15.0. The van der Waals surface area contributed by atoms with E-state index in [9.17, 15) is 18.4 Å². The van der Waals surface area contributed by atoms with Gasteiger partial charge in [0, 0.05) is 0 Å². The van der Waals surface area contributed by atoms with E-state index in [0.717, 1.165) is 17.3 Å². The molecule has 4 aromatic rings. The Bertz CT molecular complexity index is 1310. The summed E-state index contributed by atoms with van der Waals surface area (Å²) >= 11 is 1.07. The summed E-state index contributed by atoms with van der Waals surface area (Å²) in [5.41, 5.74) is 1.06. The van der Waals surface area contributed by atoms with Gasteiger partial charge in [-0.15, -0.1) is 0 Å². The second kappa shape index (κ2) is 9.09. The number of benzene rings is 3. The van der Waals surface area contributed by atoms with Gasteiger partial charge in [-0.2, -0.15) is 0 Å². The van der Waals surface area contributed by atoms with Crippen LogP contribution < -0.4 is 10.9 Å². The van der Waals surface area contributed by atoms with Crippen molar-refractivity contribution in [1.82, 2.24) is 9.55 Å². The number of rotatable bonds is 6. The maximum atomic E-state index is 13.8. The highest BCUT2D eigenvalue weighted by molar-refractivity contribution is 7.99. The highest BCUT2D eigenvalue weighted by atomic mass is 32.2. The second-order valence-corrected chi connectivity index (χ2v) is 7.69. The Morgan fingerprint density at radius 2 is 1.68 bits per heavy atom. The van der Waals surface area contributed by atoms with Gasteiger partial charge in [0.15, 0.2) is 5.16 Å². The fourth-order valence-electron chi connectivity index (χ4n) is 3.05. The quantitative estimate of drug-likeness (QED) is 0.358. The van der Waals surface area contributed by atoms with Crippen LogP contribution in [-0.4, -0.2) is 21.2 Å². The first kappa shape index (κ1) is 20.7. The fourth-order valence-corrected chi connectivity index (χ4v) is 3.85. The zero-order valence-electron chi connectivity index (χ0n) is 16.2. The molecule has 0 fully saturated rings. The predicted molar refractivity (Wildman–Crippen MR) is 117 cm³/mol. The summed E-state index contributed by atoms with van der Waals surface area (Å²) in [6, 6.07) is 18.7. The van der Waals surface area contributed by atoms with E-state index in [1.807, 2.05) is 0 Å². The molecule has 0 spiro atoms. The third kappa shape index (κ3) is 4.80. The normalized spacial score (nSPS) is 10.9. The lowest BCUT2D eigenvalue weighted by molar-refractivity contribution is -0.113. The minimum Gasteiger partial charge on any atom is -0.323 e. The number of carbonyl (C=O) groups excluding carboxylic acids is 1. The van der Waals surface area contributed by atoms with Gasteiger partial charge in [0.2, 0.25) is 5.91 Å². The Balaban J connectivity index is 1.62. The molecule has 3 aromatic carbocycles. The van der Waals surface area contributed by atoms with E-state index in [1.165, 1.54) is 34.9 Å². The van der Waals surface area contributed by atoms with Crippen LogP contribution in [0.5, 0.6) is 0 Å². The summed E-state index contributed by atoms with van der Waals surface area (Å²) in [6.07, 6.45) is 0. The lowest BCUT2D eigenvalue weighted by Gasteiger charge is -2.13. The average molecular weight is 437 g/mol. The van der Waals surface area contributed by atoms with E-state index in [4.69, 9.17) is 0 Å². The smallest absolute Gasteiger partial charge is 0.262 e. The van der Waals surface area contributed by atoms with Crippen molar-refractivity contribution in [2.75, 3.05) is 11.1 Å². The minimum absolute atomic E-state index is 0.0669. The molecule has 1 amide bonds. The van der Waals surface area contributed by atoms with Crippen molar-refractivity contribution in [3.63, 3.8) is 0 Å². The Hall–Kier alpha value is -3.52. The van der Waals surface area contributed by atoms with Crippen LogP contribution in [0.2, 0.25) is 0 Å². The van der Waals surface area contributed by atoms with Crippen molar-refractivity contribution >= 4 is 34.3 Å². The molecule has 0 aliphatic heterocycles. The molecule has 0 aliphatic carbocycles. The molecule has 4 rings (SSSR count). The fraction of sp³-hybridized carbons (Fsp3) is 0.0870. The first-order valence-electron chi connectivity index (χ1n) is 9.42. The molecular weight excluding hydrogens is 420 g/mol. The first-order valence-corrected chi connectivity index (χ1v) is 10.4. The standard InChI is InChI=1S/C23H17F2N3O2S/c24-16-11-9-15(10-12-16)13-28-22(30)17-5-1-3-7-19(17)27-23(28)31-14-21(29)26-20-8-4-2-6-18(20)25/h1-12H,13-14H2,(H,26,29). The van der Waals surface area contributed by atoms with Crippen molar-refractivity contribution in [2.24, 2.45) is 0 Å². The number of para-hydroxylation sites is 2. The molecule has 0 atom stereocenters. The van der Waals surface area contributed by atoms with Crippen LogP contribution >= 0.6 is 11.8 Å². The van der Waals surface area contributed by atoms with Crippen LogP contribution in [0.4, 0.5) is 14.5 Å². The van der Waals surface area contributed by atoms with Crippen LogP contribution in [0.25, 0.3) is 10.9 Å². The number of amides is 1. The average Bonchev–Trinajstić information content (AvgIpc) is 2.77. The van der Waals surface area contributed by atoms with Crippen molar-refractivity contribution < 1.29 is 13.6 Å². The van der Waals surface area contributed by atoms with Gasteiger partial charge < -0.3 is 5.32 Å². The number of aromatic nitrogens is 2. The van der Waals surface area contributed by atoms with Gasteiger partial charge in [-0.25, -0.2) is 13.8 Å². The zero-order chi connectivity index (χ0) is 21.8. The summed E-state index contributed by atoms with van der Waals surface area (Å²) in [6.45, 7) is 0.175. The third-order valence-corrected chi connectivity index (χ3v) is 5.54. The predicted octanol–water partition coefficient (Wildman–Crippen LogP) is 4.45. The topological polar surface area (TPSA) is 64.0 Å². The largest absolute Gasteiger partial charge is 0.323 e. The van der Waals surface area contributed by atoms with E-state index in [2.05, 4.69) is 10.3 Å². The minimum atomic E-state index is -0.530. The monoisotopic (exact) mass is 437 g/mol. The van der Waals surface area contributed by atoms with Gasteiger partial charge in [-0.05, 0) is 42.0 Å². The number of halogens is 2. The SMILES string of the molecule is O=C(CSc1nc2ccccc2c(=O)n1Cc1ccc(F)cc1)Nc1ccccc1F. The van der Waals surface area contributed by atoms with Crippen molar-refractivity contribution in [3.05, 3.63) is 100 Å². The molecular formula is C23H17F2N3O2S. The molecule has 5 nitrogen and oxygen atoms in total. The Labute approximate surface area is 180 Å². The van der Waals surface area contributed by atoms with E-state index in [1.54, 1.807) is 42.5 Å². The van der Waals surface area contributed by atoms with Gasteiger partial charge in [-0.1, -0.05) is 48.2 Å². The number of anilines is 1. The Morgan fingerprint density at radius 3 is 2.45 bits per heavy atom. The van der Waals surface area contributed by atoms with Crippen LogP contribution in [0.1, 0.15) is 5.56 Å². The Morgan fingerprint density at radius 1 is 0.968 bits per heavy atom. The number of thioether (sulfide) groups is 1. The maximum absolute atomic E-state index is 13.8. The number of fused-ring (bicyclic) bond motifs is 1. The molecule has 156 valence electrons. The highest BCUT2D eigenvalue weighted by Gasteiger charge is 2.14. The van der Waals surface area contributed by atoms with Crippen LogP contribution in [-0.2, 0) is 11.3 Å². The lowest BCUT2D eigenvalue weighted by Crippen LogP contribution is -2.25. The molecule has 1 aromatic heterocycles. The van der Waals surface area contributed by atoms with Crippen molar-refractivity contribution in [3.8, 4) is 0 Å². The highest BCUT2D eigenvalue weighted by Crippen LogP contribution is 2.20. The Kier molecular flexibility index (Phi) is 6.08. The molecule has 1 N–H and O–H groups in total. The number of carbonyl (C=O) groups is 1. The molecule has 0 radical (unpaired) electrons. The van der Waals surface area contributed by atoms with Gasteiger partial charge in [0.1, 0.15) is 11.6 Å². The summed E-state index contributed by atoms with van der Waals surface area (Å²) in [5, 5.41) is 3.31. The summed E-state index contributed by atoms with van der Waals surface area (Å²) in [5.74, 6) is -1.39. The molecule has 0 bridgehead atoms. The maximum Gasteiger partial charge on any atom is 0.262 e. The molecule has 8 heteroatoms. The van der Waals surface area contributed by atoms with E-state index < -0.39 is 11.7 Å².